The summed E-state index contributed by atoms with van der Waals surface area (Å²) >= 11 is 1.32. The molecule has 4 aromatic rings. The number of carbonyl (C=O) groups excluding carboxylic acids is 1. The highest BCUT2D eigenvalue weighted by Gasteiger charge is 2.16. The lowest BCUT2D eigenvalue weighted by Crippen LogP contribution is -2.28. The van der Waals surface area contributed by atoms with E-state index in [9.17, 15) is 4.79 Å². The molecule has 0 saturated heterocycles. The molecule has 2 heterocycles. The van der Waals surface area contributed by atoms with Gasteiger partial charge in [0.15, 0.2) is 0 Å². The quantitative estimate of drug-likeness (QED) is 0.442. The van der Waals surface area contributed by atoms with Gasteiger partial charge < -0.3 is 5.32 Å². The van der Waals surface area contributed by atoms with Gasteiger partial charge in [0, 0.05) is 17.8 Å². The first kappa shape index (κ1) is 21.1. The molecule has 2 aromatic carbocycles. The van der Waals surface area contributed by atoms with E-state index in [1.165, 1.54) is 17.3 Å². The van der Waals surface area contributed by atoms with Crippen LogP contribution >= 0.6 is 11.8 Å². The molecule has 7 heteroatoms. The fraction of sp³-hybridized carbons (Fsp3) is 0.250. The Morgan fingerprint density at radius 2 is 1.71 bits per heavy atom. The number of nitrogens with zero attached hydrogens (tertiary/aromatic N) is 4. The van der Waals surface area contributed by atoms with E-state index >= 15 is 0 Å². The summed E-state index contributed by atoms with van der Waals surface area (Å²) in [5.41, 5.74) is 5.43. The summed E-state index contributed by atoms with van der Waals surface area (Å²) in [6.45, 7) is 6.02. The van der Waals surface area contributed by atoms with E-state index in [2.05, 4.69) is 32.5 Å². The SMILES string of the molecule is Cc1nc2nc(SCC(=O)N[C@H](C)c3ccccc3)nn2c(C)c1Cc1ccccc1. The molecule has 0 radical (unpaired) electrons. The number of amides is 1. The molecule has 0 aliphatic heterocycles. The number of fused-ring (bicyclic) bond motifs is 1. The van der Waals surface area contributed by atoms with Crippen LogP contribution in [0.25, 0.3) is 5.78 Å². The van der Waals surface area contributed by atoms with E-state index in [0.717, 1.165) is 28.9 Å². The van der Waals surface area contributed by atoms with Crippen molar-refractivity contribution in [3.63, 3.8) is 0 Å². The molecule has 0 aliphatic carbocycles. The summed E-state index contributed by atoms with van der Waals surface area (Å²) in [5.74, 6) is 0.765. The van der Waals surface area contributed by atoms with Crippen LogP contribution in [0.3, 0.4) is 0 Å². The molecule has 31 heavy (non-hydrogen) atoms. The van der Waals surface area contributed by atoms with Crippen molar-refractivity contribution in [2.75, 3.05) is 5.75 Å². The van der Waals surface area contributed by atoms with Crippen molar-refractivity contribution >= 4 is 23.4 Å². The van der Waals surface area contributed by atoms with E-state index in [1.807, 2.05) is 69.3 Å². The maximum Gasteiger partial charge on any atom is 0.253 e. The molecule has 158 valence electrons. The van der Waals surface area contributed by atoms with E-state index in [0.29, 0.717) is 10.9 Å². The number of rotatable bonds is 7. The predicted molar refractivity (Wildman–Crippen MR) is 123 cm³/mol. The second-order valence-corrected chi connectivity index (χ2v) is 8.46. The Kier molecular flexibility index (Phi) is 6.32. The summed E-state index contributed by atoms with van der Waals surface area (Å²) in [7, 11) is 0. The molecule has 0 spiro atoms. The molecule has 4 rings (SSSR count). The fourth-order valence-electron chi connectivity index (χ4n) is 3.55. The number of aryl methyl sites for hydroxylation is 2. The molecule has 2 aromatic heterocycles. The van der Waals surface area contributed by atoms with Crippen molar-refractivity contribution in [1.29, 1.82) is 0 Å². The topological polar surface area (TPSA) is 72.2 Å². The molecule has 0 aliphatic rings. The minimum atomic E-state index is -0.0502. The Bertz CT molecular complexity index is 1190. The van der Waals surface area contributed by atoms with Gasteiger partial charge in [-0.3, -0.25) is 4.79 Å². The van der Waals surface area contributed by atoms with Crippen LogP contribution in [0.15, 0.2) is 65.8 Å². The summed E-state index contributed by atoms with van der Waals surface area (Å²) < 4.78 is 1.78. The first-order chi connectivity index (χ1) is 15.0. The third-order valence-electron chi connectivity index (χ3n) is 5.26. The Hall–Kier alpha value is -3.19. The zero-order valence-corrected chi connectivity index (χ0v) is 18.7. The van der Waals surface area contributed by atoms with Crippen molar-refractivity contribution < 1.29 is 4.79 Å². The average Bonchev–Trinajstić information content (AvgIpc) is 3.19. The van der Waals surface area contributed by atoms with E-state index in [4.69, 9.17) is 0 Å². The molecular formula is C24H25N5OS. The summed E-state index contributed by atoms with van der Waals surface area (Å²) in [6.07, 6.45) is 0.795. The Balaban J connectivity index is 1.45. The number of aromatic nitrogens is 4. The highest BCUT2D eigenvalue weighted by Crippen LogP contribution is 2.21. The molecule has 0 fully saturated rings. The largest absolute Gasteiger partial charge is 0.349 e. The standard InChI is InChI=1S/C24H25N5OS/c1-16(20-12-8-5-9-13-20)25-22(30)15-31-24-27-23-26-17(2)21(18(3)29(23)28-24)14-19-10-6-4-7-11-19/h4-13,16H,14-15H2,1-3H3,(H,25,30)/t16-/m1/s1. The molecule has 6 nitrogen and oxygen atoms in total. The highest BCUT2D eigenvalue weighted by molar-refractivity contribution is 7.99. The number of thioether (sulfide) groups is 1. The van der Waals surface area contributed by atoms with Crippen LogP contribution in [0.1, 0.15) is 41.0 Å². The lowest BCUT2D eigenvalue weighted by Gasteiger charge is -2.13. The Labute approximate surface area is 186 Å². The van der Waals surface area contributed by atoms with Crippen molar-refractivity contribution in [3.8, 4) is 0 Å². The van der Waals surface area contributed by atoms with Crippen LogP contribution in [0, 0.1) is 13.8 Å². The first-order valence-corrected chi connectivity index (χ1v) is 11.2. The van der Waals surface area contributed by atoms with Crippen molar-refractivity contribution in [2.45, 2.75) is 38.4 Å². The van der Waals surface area contributed by atoms with Crippen molar-refractivity contribution in [1.82, 2.24) is 24.9 Å². The smallest absolute Gasteiger partial charge is 0.253 e. The van der Waals surface area contributed by atoms with Crippen molar-refractivity contribution in [3.05, 3.63) is 88.7 Å². The molecular weight excluding hydrogens is 406 g/mol. The monoisotopic (exact) mass is 431 g/mol. The summed E-state index contributed by atoms with van der Waals surface area (Å²) in [6, 6.07) is 20.2. The minimum Gasteiger partial charge on any atom is -0.349 e. The van der Waals surface area contributed by atoms with Gasteiger partial charge in [-0.1, -0.05) is 72.4 Å². The molecule has 1 amide bonds. The van der Waals surface area contributed by atoms with Gasteiger partial charge in [0.1, 0.15) is 0 Å². The second kappa shape index (κ2) is 9.31. The number of hydrogen-bond donors (Lipinski definition) is 1. The maximum atomic E-state index is 12.4. The number of nitrogens with one attached hydrogen (secondary N) is 1. The fourth-order valence-corrected chi connectivity index (χ4v) is 4.17. The Morgan fingerprint density at radius 1 is 1.03 bits per heavy atom. The molecule has 1 atom stereocenters. The van der Waals surface area contributed by atoms with Gasteiger partial charge in [0.2, 0.25) is 11.1 Å². The summed E-state index contributed by atoms with van der Waals surface area (Å²) in [4.78, 5) is 21.5. The van der Waals surface area contributed by atoms with Crippen LogP contribution in [0.5, 0.6) is 0 Å². The van der Waals surface area contributed by atoms with Crippen LogP contribution in [-0.4, -0.2) is 31.2 Å². The molecule has 1 N–H and O–H groups in total. The molecule has 0 bridgehead atoms. The Morgan fingerprint density at radius 3 is 2.42 bits per heavy atom. The number of carbonyl (C=O) groups is 1. The predicted octanol–water partition coefficient (Wildman–Crippen LogP) is 4.30. The minimum absolute atomic E-state index is 0.0459. The van der Waals surface area contributed by atoms with Crippen LogP contribution in [0.2, 0.25) is 0 Å². The van der Waals surface area contributed by atoms with E-state index in [-0.39, 0.29) is 17.7 Å². The number of benzene rings is 2. The first-order valence-electron chi connectivity index (χ1n) is 10.2. The second-order valence-electron chi connectivity index (χ2n) is 7.52. The third-order valence-corrected chi connectivity index (χ3v) is 6.10. The zero-order valence-electron chi connectivity index (χ0n) is 17.9. The van der Waals surface area contributed by atoms with Gasteiger partial charge >= 0.3 is 0 Å². The zero-order chi connectivity index (χ0) is 21.8. The van der Waals surface area contributed by atoms with Crippen molar-refractivity contribution in [2.24, 2.45) is 0 Å². The van der Waals surface area contributed by atoms with Gasteiger partial charge in [-0.25, -0.2) is 9.50 Å². The maximum absolute atomic E-state index is 12.4. The van der Waals surface area contributed by atoms with Crippen LogP contribution < -0.4 is 5.32 Å². The lowest BCUT2D eigenvalue weighted by molar-refractivity contribution is -0.119. The number of hydrogen-bond acceptors (Lipinski definition) is 5. The average molecular weight is 432 g/mol. The van der Waals surface area contributed by atoms with Gasteiger partial charge in [0.05, 0.1) is 11.8 Å². The molecule has 0 unspecified atom stereocenters. The lowest BCUT2D eigenvalue weighted by atomic mass is 10.0. The van der Waals surface area contributed by atoms with Gasteiger partial charge in [-0.05, 0) is 37.5 Å². The van der Waals surface area contributed by atoms with Gasteiger partial charge in [0.25, 0.3) is 5.78 Å². The van der Waals surface area contributed by atoms with Gasteiger partial charge in [-0.2, -0.15) is 4.98 Å². The third kappa shape index (κ3) is 4.94. The van der Waals surface area contributed by atoms with E-state index < -0.39 is 0 Å². The molecule has 0 saturated carbocycles. The highest BCUT2D eigenvalue weighted by atomic mass is 32.2. The van der Waals surface area contributed by atoms with Crippen LogP contribution in [0.4, 0.5) is 0 Å². The van der Waals surface area contributed by atoms with Gasteiger partial charge in [-0.15, -0.1) is 5.10 Å². The van der Waals surface area contributed by atoms with Crippen LogP contribution in [-0.2, 0) is 11.2 Å². The normalized spacial score (nSPS) is 12.1. The van der Waals surface area contributed by atoms with E-state index in [1.54, 1.807) is 4.52 Å². The summed E-state index contributed by atoms with van der Waals surface area (Å²) in [5, 5.41) is 8.16.